The van der Waals surface area contributed by atoms with Gasteiger partial charge in [-0.15, -0.1) is 11.8 Å². The Bertz CT molecular complexity index is 804. The van der Waals surface area contributed by atoms with E-state index in [1.54, 1.807) is 12.1 Å². The number of hydrogen-bond donors (Lipinski definition) is 2. The van der Waals surface area contributed by atoms with E-state index >= 15 is 0 Å². The summed E-state index contributed by atoms with van der Waals surface area (Å²) in [4.78, 5) is 12.9. The van der Waals surface area contributed by atoms with E-state index in [2.05, 4.69) is 5.32 Å². The van der Waals surface area contributed by atoms with Gasteiger partial charge >= 0.3 is 0 Å². The molecule has 0 fully saturated rings. The maximum absolute atomic E-state index is 12.0. The topological polar surface area (TPSA) is 67.8 Å². The summed E-state index contributed by atoms with van der Waals surface area (Å²) < 4.78 is 10.7. The van der Waals surface area contributed by atoms with Gasteiger partial charge in [-0.05, 0) is 37.6 Å². The number of para-hydroxylation sites is 1. The lowest BCUT2D eigenvalue weighted by Gasteiger charge is -2.18. The highest BCUT2D eigenvalue weighted by atomic mass is 35.5. The number of carbonyl (C=O) groups is 1. The predicted molar refractivity (Wildman–Crippen MR) is 98.5 cm³/mol. The van der Waals surface area contributed by atoms with Crippen molar-refractivity contribution in [3.05, 3.63) is 47.0 Å². The van der Waals surface area contributed by atoms with Gasteiger partial charge < -0.3 is 19.9 Å². The summed E-state index contributed by atoms with van der Waals surface area (Å²) in [6.07, 6.45) is 0. The Morgan fingerprint density at radius 1 is 1.28 bits per heavy atom. The summed E-state index contributed by atoms with van der Waals surface area (Å²) in [5, 5.41) is 13.2. The molecule has 0 spiro atoms. The minimum absolute atomic E-state index is 0.202. The van der Waals surface area contributed by atoms with Gasteiger partial charge in [-0.3, -0.25) is 4.79 Å². The molecule has 0 aromatic heterocycles. The summed E-state index contributed by atoms with van der Waals surface area (Å²) in [6, 6.07) is 11.1. The summed E-state index contributed by atoms with van der Waals surface area (Å²) in [5.41, 5.74) is 0.120. The molecule has 132 valence electrons. The molecule has 1 aliphatic heterocycles. The van der Waals surface area contributed by atoms with Gasteiger partial charge in [0.25, 0.3) is 5.91 Å². The third kappa shape index (κ3) is 4.21. The summed E-state index contributed by atoms with van der Waals surface area (Å²) in [7, 11) is 0. The molecule has 2 aromatic rings. The zero-order chi connectivity index (χ0) is 18.0. The van der Waals surface area contributed by atoms with Crippen LogP contribution < -0.4 is 14.8 Å². The number of fused-ring (bicyclic) bond motifs is 1. The standard InChI is InChI=1S/C18H18ClNO4S/c1-18(2,22)17(21)20-13-5-3-4-6-16(13)25-9-11-7-14-15(8-12(11)19)24-10-23-14/h3-8,22H,9-10H2,1-2H3,(H,20,21). The van der Waals surface area contributed by atoms with Crippen molar-refractivity contribution in [2.75, 3.05) is 12.1 Å². The number of hydrogen-bond acceptors (Lipinski definition) is 5. The molecule has 0 atom stereocenters. The second kappa shape index (κ2) is 7.15. The van der Waals surface area contributed by atoms with Gasteiger partial charge in [0.15, 0.2) is 11.5 Å². The van der Waals surface area contributed by atoms with Gasteiger partial charge in [0.05, 0.1) is 5.69 Å². The van der Waals surface area contributed by atoms with Crippen LogP contribution in [-0.4, -0.2) is 23.4 Å². The van der Waals surface area contributed by atoms with Crippen LogP contribution in [0.2, 0.25) is 5.02 Å². The monoisotopic (exact) mass is 379 g/mol. The molecular weight excluding hydrogens is 362 g/mol. The minimum atomic E-state index is -1.45. The van der Waals surface area contributed by atoms with E-state index in [0.717, 1.165) is 10.5 Å². The van der Waals surface area contributed by atoms with Crippen LogP contribution >= 0.6 is 23.4 Å². The molecule has 0 saturated heterocycles. The van der Waals surface area contributed by atoms with E-state index < -0.39 is 11.5 Å². The molecule has 3 rings (SSSR count). The lowest BCUT2D eigenvalue weighted by molar-refractivity contribution is -0.130. The zero-order valence-corrected chi connectivity index (χ0v) is 15.4. The third-order valence-corrected chi connectivity index (χ3v) is 5.09. The Balaban J connectivity index is 1.75. The first-order chi connectivity index (χ1) is 11.8. The Kier molecular flexibility index (Phi) is 5.13. The SMILES string of the molecule is CC(C)(O)C(=O)Nc1ccccc1SCc1cc2c(cc1Cl)OCO2. The van der Waals surface area contributed by atoms with Gasteiger partial charge in [-0.25, -0.2) is 0 Å². The third-order valence-electron chi connectivity index (χ3n) is 3.62. The largest absolute Gasteiger partial charge is 0.454 e. The molecule has 5 nitrogen and oxygen atoms in total. The highest BCUT2D eigenvalue weighted by Gasteiger charge is 2.24. The average molecular weight is 380 g/mol. The molecule has 1 amide bonds. The number of benzene rings is 2. The van der Waals surface area contributed by atoms with Crippen molar-refractivity contribution in [1.82, 2.24) is 0 Å². The lowest BCUT2D eigenvalue weighted by Crippen LogP contribution is -2.36. The van der Waals surface area contributed by atoms with E-state index in [-0.39, 0.29) is 6.79 Å². The molecule has 0 aliphatic carbocycles. The van der Waals surface area contributed by atoms with Crippen LogP contribution in [0.25, 0.3) is 0 Å². The van der Waals surface area contributed by atoms with E-state index in [9.17, 15) is 9.90 Å². The number of rotatable bonds is 5. The molecule has 1 aliphatic rings. The number of thioether (sulfide) groups is 1. The normalized spacial score (nSPS) is 13.0. The fraction of sp³-hybridized carbons (Fsp3) is 0.278. The van der Waals surface area contributed by atoms with Gasteiger partial charge in [0.2, 0.25) is 6.79 Å². The molecular formula is C18H18ClNO4S. The molecule has 2 N–H and O–H groups in total. The van der Waals surface area contributed by atoms with Gasteiger partial charge in [-0.1, -0.05) is 23.7 Å². The smallest absolute Gasteiger partial charge is 0.255 e. The quantitative estimate of drug-likeness (QED) is 0.766. The Morgan fingerprint density at radius 3 is 2.68 bits per heavy atom. The molecule has 0 bridgehead atoms. The van der Waals surface area contributed by atoms with Crippen molar-refractivity contribution in [2.45, 2.75) is 30.1 Å². The van der Waals surface area contributed by atoms with Crippen LogP contribution in [0.5, 0.6) is 11.5 Å². The lowest BCUT2D eigenvalue weighted by atomic mass is 10.1. The van der Waals surface area contributed by atoms with Crippen molar-refractivity contribution in [3.8, 4) is 11.5 Å². The molecule has 7 heteroatoms. The van der Waals surface area contributed by atoms with Crippen molar-refractivity contribution in [2.24, 2.45) is 0 Å². The van der Waals surface area contributed by atoms with Crippen molar-refractivity contribution in [3.63, 3.8) is 0 Å². The van der Waals surface area contributed by atoms with Gasteiger partial charge in [-0.2, -0.15) is 0 Å². The van der Waals surface area contributed by atoms with E-state index in [0.29, 0.717) is 28.0 Å². The molecule has 0 unspecified atom stereocenters. The Morgan fingerprint density at radius 2 is 1.96 bits per heavy atom. The van der Waals surface area contributed by atoms with Crippen LogP contribution in [0.1, 0.15) is 19.4 Å². The van der Waals surface area contributed by atoms with Gasteiger partial charge in [0.1, 0.15) is 5.60 Å². The molecule has 2 aromatic carbocycles. The van der Waals surface area contributed by atoms with Crippen molar-refractivity contribution >= 4 is 35.0 Å². The van der Waals surface area contributed by atoms with Crippen molar-refractivity contribution < 1.29 is 19.4 Å². The highest BCUT2D eigenvalue weighted by molar-refractivity contribution is 7.98. The first-order valence-corrected chi connectivity index (χ1v) is 9.04. The fourth-order valence-electron chi connectivity index (χ4n) is 2.20. The number of anilines is 1. The number of amides is 1. The van der Waals surface area contributed by atoms with Gasteiger partial charge in [0, 0.05) is 21.7 Å². The summed E-state index contributed by atoms with van der Waals surface area (Å²) in [6.45, 7) is 3.10. The number of aliphatic hydroxyl groups is 1. The van der Waals surface area contributed by atoms with Crippen LogP contribution in [0, 0.1) is 0 Å². The van der Waals surface area contributed by atoms with Crippen LogP contribution in [-0.2, 0) is 10.5 Å². The number of halogens is 1. The van der Waals surface area contributed by atoms with E-state index in [1.807, 2.05) is 24.3 Å². The average Bonchev–Trinajstić information content (AvgIpc) is 3.00. The Hall–Kier alpha value is -1.89. The first kappa shape index (κ1) is 17.9. The zero-order valence-electron chi connectivity index (χ0n) is 13.8. The fourth-order valence-corrected chi connectivity index (χ4v) is 3.50. The summed E-state index contributed by atoms with van der Waals surface area (Å²) in [5.74, 6) is 1.48. The summed E-state index contributed by atoms with van der Waals surface area (Å²) >= 11 is 7.84. The van der Waals surface area contributed by atoms with E-state index in [1.165, 1.54) is 25.6 Å². The van der Waals surface area contributed by atoms with Crippen LogP contribution in [0.3, 0.4) is 0 Å². The number of nitrogens with one attached hydrogen (secondary N) is 1. The second-order valence-electron chi connectivity index (χ2n) is 6.09. The molecule has 25 heavy (non-hydrogen) atoms. The van der Waals surface area contributed by atoms with Crippen LogP contribution in [0.4, 0.5) is 5.69 Å². The van der Waals surface area contributed by atoms with E-state index in [4.69, 9.17) is 21.1 Å². The highest BCUT2D eigenvalue weighted by Crippen LogP contribution is 2.39. The van der Waals surface area contributed by atoms with Crippen LogP contribution in [0.15, 0.2) is 41.3 Å². The number of ether oxygens (including phenoxy) is 2. The Labute approximate surface area is 155 Å². The number of carbonyl (C=O) groups excluding carboxylic acids is 1. The predicted octanol–water partition coefficient (Wildman–Crippen LogP) is 4.07. The molecule has 1 heterocycles. The molecule has 0 saturated carbocycles. The first-order valence-electron chi connectivity index (χ1n) is 7.68. The second-order valence-corrected chi connectivity index (χ2v) is 7.52. The molecule has 0 radical (unpaired) electrons. The maximum atomic E-state index is 12.0. The minimum Gasteiger partial charge on any atom is -0.454 e. The van der Waals surface area contributed by atoms with Crippen molar-refractivity contribution in [1.29, 1.82) is 0 Å². The maximum Gasteiger partial charge on any atom is 0.255 e.